The highest BCUT2D eigenvalue weighted by Gasteiger charge is 2.04. The van der Waals surface area contributed by atoms with E-state index in [1.807, 2.05) is 31.2 Å². The Labute approximate surface area is 92.0 Å². The molecule has 0 spiro atoms. The van der Waals surface area contributed by atoms with Crippen LogP contribution in [0, 0.1) is 18.3 Å². The van der Waals surface area contributed by atoms with E-state index in [4.69, 9.17) is 5.26 Å². The number of benzene rings is 1. The highest BCUT2D eigenvalue weighted by molar-refractivity contribution is 7.16. The van der Waals surface area contributed by atoms with Gasteiger partial charge in [-0.05, 0) is 48.4 Å². The molecule has 0 aliphatic heterocycles. The molecule has 1 N–H and O–H groups in total. The highest BCUT2D eigenvalue weighted by atomic mass is 32.1. The molecule has 74 valence electrons. The molecule has 1 aromatic heterocycles. The van der Waals surface area contributed by atoms with E-state index < -0.39 is 0 Å². The molecule has 0 amide bonds. The molecular formula is C12H9NOS. The van der Waals surface area contributed by atoms with E-state index in [-0.39, 0.29) is 0 Å². The van der Waals surface area contributed by atoms with Crippen LogP contribution in [0.4, 0.5) is 0 Å². The summed E-state index contributed by atoms with van der Waals surface area (Å²) in [5, 5.41) is 18.1. The fraction of sp³-hybridized carbons (Fsp3) is 0.0833. The topological polar surface area (TPSA) is 44.0 Å². The van der Waals surface area contributed by atoms with Crippen molar-refractivity contribution >= 4 is 11.3 Å². The standard InChI is InChI=1S/C12H9NOS/c1-8-6-9(2-4-11(8)14)12-5-3-10(7-13)15-12/h2-6,14H,1H3. The van der Waals surface area contributed by atoms with Crippen molar-refractivity contribution in [3.05, 3.63) is 40.8 Å². The minimum absolute atomic E-state index is 0.302. The lowest BCUT2D eigenvalue weighted by atomic mass is 10.1. The molecule has 2 nitrogen and oxygen atoms in total. The summed E-state index contributed by atoms with van der Waals surface area (Å²) in [6.07, 6.45) is 0. The molecule has 0 saturated heterocycles. The van der Waals surface area contributed by atoms with Crippen molar-refractivity contribution in [1.29, 1.82) is 5.26 Å². The lowest BCUT2D eigenvalue weighted by molar-refractivity contribution is 0.471. The van der Waals surface area contributed by atoms with Crippen LogP contribution in [0.25, 0.3) is 10.4 Å². The van der Waals surface area contributed by atoms with Crippen molar-refractivity contribution in [2.75, 3.05) is 0 Å². The maximum atomic E-state index is 9.39. The summed E-state index contributed by atoms with van der Waals surface area (Å²) in [5.74, 6) is 0.302. The Kier molecular flexibility index (Phi) is 2.44. The molecule has 15 heavy (non-hydrogen) atoms. The fourth-order valence-corrected chi connectivity index (χ4v) is 2.16. The van der Waals surface area contributed by atoms with Crippen LogP contribution in [0.5, 0.6) is 5.75 Å². The minimum Gasteiger partial charge on any atom is -0.508 e. The maximum Gasteiger partial charge on any atom is 0.118 e. The van der Waals surface area contributed by atoms with Crippen LogP contribution in [-0.2, 0) is 0 Å². The first-order chi connectivity index (χ1) is 7.20. The smallest absolute Gasteiger partial charge is 0.118 e. The summed E-state index contributed by atoms with van der Waals surface area (Å²) in [7, 11) is 0. The zero-order chi connectivity index (χ0) is 10.8. The number of rotatable bonds is 1. The number of aryl methyl sites for hydroxylation is 1. The van der Waals surface area contributed by atoms with Crippen molar-refractivity contribution in [2.24, 2.45) is 0 Å². The van der Waals surface area contributed by atoms with Crippen molar-refractivity contribution < 1.29 is 5.11 Å². The lowest BCUT2D eigenvalue weighted by Crippen LogP contribution is -1.76. The number of hydrogen-bond acceptors (Lipinski definition) is 3. The molecule has 0 saturated carbocycles. The average Bonchev–Trinajstić information content (AvgIpc) is 2.70. The zero-order valence-electron chi connectivity index (χ0n) is 8.19. The Balaban J connectivity index is 2.46. The van der Waals surface area contributed by atoms with Gasteiger partial charge in [-0.15, -0.1) is 11.3 Å². The van der Waals surface area contributed by atoms with Gasteiger partial charge in [0, 0.05) is 4.88 Å². The van der Waals surface area contributed by atoms with E-state index in [2.05, 4.69) is 6.07 Å². The first-order valence-corrected chi connectivity index (χ1v) is 5.32. The number of phenols is 1. The summed E-state index contributed by atoms with van der Waals surface area (Å²) >= 11 is 1.46. The second-order valence-corrected chi connectivity index (χ2v) is 4.36. The van der Waals surface area contributed by atoms with Gasteiger partial charge in [0.15, 0.2) is 0 Å². The number of thiophene rings is 1. The van der Waals surface area contributed by atoms with E-state index in [1.54, 1.807) is 6.07 Å². The quantitative estimate of drug-likeness (QED) is 0.793. The molecule has 3 heteroatoms. The van der Waals surface area contributed by atoms with Crippen LogP contribution in [0.3, 0.4) is 0 Å². The van der Waals surface area contributed by atoms with Crippen LogP contribution in [0.2, 0.25) is 0 Å². The Morgan fingerprint density at radius 3 is 2.67 bits per heavy atom. The SMILES string of the molecule is Cc1cc(-c2ccc(C#N)s2)ccc1O. The van der Waals surface area contributed by atoms with Gasteiger partial charge in [0.05, 0.1) is 0 Å². The van der Waals surface area contributed by atoms with Gasteiger partial charge < -0.3 is 5.11 Å². The summed E-state index contributed by atoms with van der Waals surface area (Å²) in [5.41, 5.74) is 1.89. The normalized spacial score (nSPS) is 9.87. The summed E-state index contributed by atoms with van der Waals surface area (Å²) in [6.45, 7) is 1.86. The number of nitrogens with zero attached hydrogens (tertiary/aromatic N) is 1. The van der Waals surface area contributed by atoms with E-state index in [1.165, 1.54) is 11.3 Å². The van der Waals surface area contributed by atoms with Gasteiger partial charge in [-0.1, -0.05) is 0 Å². The third kappa shape index (κ3) is 1.85. The predicted octanol–water partition coefficient (Wildman–Crippen LogP) is 3.30. The number of phenolic OH excluding ortho intramolecular Hbond substituents is 1. The van der Waals surface area contributed by atoms with Crippen LogP contribution >= 0.6 is 11.3 Å². The molecule has 1 heterocycles. The molecule has 1 aromatic carbocycles. The molecule has 0 aliphatic carbocycles. The van der Waals surface area contributed by atoms with Crippen molar-refractivity contribution in [1.82, 2.24) is 0 Å². The first kappa shape index (κ1) is 9.75. The van der Waals surface area contributed by atoms with Crippen molar-refractivity contribution in [2.45, 2.75) is 6.92 Å². The molecule has 2 rings (SSSR count). The Morgan fingerprint density at radius 1 is 1.27 bits per heavy atom. The van der Waals surface area contributed by atoms with E-state index >= 15 is 0 Å². The van der Waals surface area contributed by atoms with Crippen molar-refractivity contribution in [3.8, 4) is 22.3 Å². The van der Waals surface area contributed by atoms with Gasteiger partial charge in [0.1, 0.15) is 16.7 Å². The van der Waals surface area contributed by atoms with Crippen LogP contribution in [0.1, 0.15) is 10.4 Å². The van der Waals surface area contributed by atoms with Gasteiger partial charge in [-0.2, -0.15) is 5.26 Å². The largest absolute Gasteiger partial charge is 0.508 e. The monoisotopic (exact) mass is 215 g/mol. The number of hydrogen-bond donors (Lipinski definition) is 1. The van der Waals surface area contributed by atoms with Crippen molar-refractivity contribution in [3.63, 3.8) is 0 Å². The van der Waals surface area contributed by atoms with Gasteiger partial charge in [-0.3, -0.25) is 0 Å². The van der Waals surface area contributed by atoms with E-state index in [9.17, 15) is 5.11 Å². The van der Waals surface area contributed by atoms with Gasteiger partial charge in [0.25, 0.3) is 0 Å². The van der Waals surface area contributed by atoms with E-state index in [0.717, 1.165) is 16.0 Å². The number of nitriles is 1. The van der Waals surface area contributed by atoms with Crippen LogP contribution < -0.4 is 0 Å². The van der Waals surface area contributed by atoms with E-state index in [0.29, 0.717) is 10.6 Å². The second-order valence-electron chi connectivity index (χ2n) is 3.28. The Bertz CT molecular complexity index is 537. The first-order valence-electron chi connectivity index (χ1n) is 4.50. The summed E-state index contributed by atoms with van der Waals surface area (Å²) in [6, 6.07) is 11.3. The predicted molar refractivity (Wildman–Crippen MR) is 60.9 cm³/mol. The molecule has 2 aromatic rings. The Hall–Kier alpha value is -1.79. The maximum absolute atomic E-state index is 9.39. The van der Waals surface area contributed by atoms with Gasteiger partial charge in [-0.25, -0.2) is 0 Å². The molecule has 0 bridgehead atoms. The van der Waals surface area contributed by atoms with Crippen LogP contribution in [-0.4, -0.2) is 5.11 Å². The molecular weight excluding hydrogens is 206 g/mol. The summed E-state index contributed by atoms with van der Waals surface area (Å²) in [4.78, 5) is 1.75. The average molecular weight is 215 g/mol. The Morgan fingerprint density at radius 2 is 2.07 bits per heavy atom. The fourth-order valence-electron chi connectivity index (χ4n) is 1.36. The summed E-state index contributed by atoms with van der Waals surface area (Å²) < 4.78 is 0. The molecule has 0 unspecified atom stereocenters. The van der Waals surface area contributed by atoms with Gasteiger partial charge in [0.2, 0.25) is 0 Å². The molecule has 0 radical (unpaired) electrons. The molecule has 0 aliphatic rings. The zero-order valence-corrected chi connectivity index (χ0v) is 9.01. The minimum atomic E-state index is 0.302. The molecule has 0 fully saturated rings. The highest BCUT2D eigenvalue weighted by Crippen LogP contribution is 2.30. The third-order valence-corrected chi connectivity index (χ3v) is 3.24. The van der Waals surface area contributed by atoms with Crippen LogP contribution in [0.15, 0.2) is 30.3 Å². The molecule has 0 atom stereocenters. The third-order valence-electron chi connectivity index (χ3n) is 2.20. The lowest BCUT2D eigenvalue weighted by Gasteiger charge is -2.01. The number of aromatic hydroxyl groups is 1. The van der Waals surface area contributed by atoms with Gasteiger partial charge >= 0.3 is 0 Å². The second kappa shape index (κ2) is 3.76.